The summed E-state index contributed by atoms with van der Waals surface area (Å²) in [5.41, 5.74) is 2.04. The van der Waals surface area contributed by atoms with Crippen molar-refractivity contribution in [2.45, 2.75) is 33.4 Å². The van der Waals surface area contributed by atoms with Crippen LogP contribution in [0.1, 0.15) is 31.4 Å². The molecule has 0 amide bonds. The maximum absolute atomic E-state index is 6.17. The van der Waals surface area contributed by atoms with Crippen LogP contribution in [0, 0.1) is 5.92 Å². The maximum atomic E-state index is 6.17. The minimum Gasteiger partial charge on any atom is -0.489 e. The summed E-state index contributed by atoms with van der Waals surface area (Å²) in [6, 6.07) is 13.4. The van der Waals surface area contributed by atoms with Crippen LogP contribution >= 0.6 is 35.6 Å². The molecule has 0 atom stereocenters. The monoisotopic (exact) mass is 387 g/mol. The highest BCUT2D eigenvalue weighted by Gasteiger charge is 2.07. The Labute approximate surface area is 160 Å². The van der Waals surface area contributed by atoms with Crippen molar-refractivity contribution in [1.29, 1.82) is 0 Å². The summed E-state index contributed by atoms with van der Waals surface area (Å²) < 4.78 is 5.95. The van der Waals surface area contributed by atoms with E-state index in [9.17, 15) is 0 Å². The van der Waals surface area contributed by atoms with E-state index in [1.165, 1.54) is 0 Å². The SMILES string of the molecule is CC(C)CCNCc1cc(Cl)ccc1OCc1ccccc1Cl.Cl. The molecule has 2 aromatic carbocycles. The number of hydrogen-bond acceptors (Lipinski definition) is 2. The second-order valence-corrected chi connectivity index (χ2v) is 6.84. The van der Waals surface area contributed by atoms with E-state index in [0.29, 0.717) is 12.5 Å². The van der Waals surface area contributed by atoms with E-state index in [1.807, 2.05) is 42.5 Å². The lowest BCUT2D eigenvalue weighted by Crippen LogP contribution is -2.17. The van der Waals surface area contributed by atoms with Crippen LogP contribution in [0.25, 0.3) is 0 Å². The Morgan fingerprint density at radius 1 is 1.04 bits per heavy atom. The second kappa shape index (κ2) is 10.8. The van der Waals surface area contributed by atoms with Crippen LogP contribution in [0.3, 0.4) is 0 Å². The molecular weight excluding hydrogens is 365 g/mol. The molecule has 0 fully saturated rings. The smallest absolute Gasteiger partial charge is 0.124 e. The highest BCUT2D eigenvalue weighted by atomic mass is 35.5. The number of ether oxygens (including phenoxy) is 1. The van der Waals surface area contributed by atoms with E-state index < -0.39 is 0 Å². The molecule has 0 heterocycles. The summed E-state index contributed by atoms with van der Waals surface area (Å²) in [6.45, 7) is 6.61. The summed E-state index contributed by atoms with van der Waals surface area (Å²) in [7, 11) is 0. The number of benzene rings is 2. The number of hydrogen-bond donors (Lipinski definition) is 1. The van der Waals surface area contributed by atoms with E-state index >= 15 is 0 Å². The lowest BCUT2D eigenvalue weighted by Gasteiger charge is -2.14. The van der Waals surface area contributed by atoms with Crippen molar-refractivity contribution in [3.8, 4) is 5.75 Å². The molecule has 0 saturated heterocycles. The van der Waals surface area contributed by atoms with Crippen molar-refractivity contribution in [2.24, 2.45) is 5.92 Å². The van der Waals surface area contributed by atoms with Crippen molar-refractivity contribution in [2.75, 3.05) is 6.54 Å². The Bertz CT molecular complexity index is 632. The van der Waals surface area contributed by atoms with Gasteiger partial charge in [-0.2, -0.15) is 0 Å². The van der Waals surface area contributed by atoms with Gasteiger partial charge in [0, 0.05) is 27.7 Å². The molecule has 2 aromatic rings. The van der Waals surface area contributed by atoms with Crippen LogP contribution in [0.2, 0.25) is 10.0 Å². The van der Waals surface area contributed by atoms with Crippen molar-refractivity contribution in [3.63, 3.8) is 0 Å². The first-order valence-corrected chi connectivity index (χ1v) is 8.67. The average molecular weight is 389 g/mol. The lowest BCUT2D eigenvalue weighted by molar-refractivity contribution is 0.302. The molecule has 0 spiro atoms. The predicted octanol–water partition coefficient (Wildman–Crippen LogP) is 6.13. The van der Waals surface area contributed by atoms with Gasteiger partial charge in [-0.1, -0.05) is 55.2 Å². The maximum Gasteiger partial charge on any atom is 0.124 e. The van der Waals surface area contributed by atoms with Gasteiger partial charge >= 0.3 is 0 Å². The fourth-order valence-corrected chi connectivity index (χ4v) is 2.60. The van der Waals surface area contributed by atoms with E-state index in [0.717, 1.165) is 46.4 Å². The summed E-state index contributed by atoms with van der Waals surface area (Å²) in [5.74, 6) is 1.53. The number of halogens is 3. The second-order valence-electron chi connectivity index (χ2n) is 5.99. The average Bonchev–Trinajstić information content (AvgIpc) is 2.52. The Morgan fingerprint density at radius 3 is 2.50 bits per heavy atom. The summed E-state index contributed by atoms with van der Waals surface area (Å²) >= 11 is 12.3. The standard InChI is InChI=1S/C19H23Cl2NO.ClH/c1-14(2)9-10-22-12-16-11-17(20)7-8-19(16)23-13-15-5-3-4-6-18(15)21;/h3-8,11,14,22H,9-10,12-13H2,1-2H3;1H. The summed E-state index contributed by atoms with van der Waals surface area (Å²) in [6.07, 6.45) is 1.15. The van der Waals surface area contributed by atoms with E-state index in [4.69, 9.17) is 27.9 Å². The van der Waals surface area contributed by atoms with Gasteiger partial charge in [-0.05, 0) is 43.1 Å². The molecule has 2 nitrogen and oxygen atoms in total. The van der Waals surface area contributed by atoms with Crippen LogP contribution in [0.5, 0.6) is 5.75 Å². The Kier molecular flexibility index (Phi) is 9.53. The quantitative estimate of drug-likeness (QED) is 0.549. The van der Waals surface area contributed by atoms with Gasteiger partial charge in [0.05, 0.1) is 0 Å². The number of nitrogens with one attached hydrogen (secondary N) is 1. The molecule has 0 aliphatic carbocycles. The molecule has 0 aliphatic rings. The van der Waals surface area contributed by atoms with Crippen LogP contribution in [0.4, 0.5) is 0 Å². The van der Waals surface area contributed by atoms with E-state index in [2.05, 4.69) is 19.2 Å². The van der Waals surface area contributed by atoms with Gasteiger partial charge in [0.25, 0.3) is 0 Å². The zero-order valence-electron chi connectivity index (χ0n) is 14.0. The van der Waals surface area contributed by atoms with Gasteiger partial charge < -0.3 is 10.1 Å². The van der Waals surface area contributed by atoms with Gasteiger partial charge in [-0.3, -0.25) is 0 Å². The first-order chi connectivity index (χ1) is 11.1. The van der Waals surface area contributed by atoms with Gasteiger partial charge in [0.1, 0.15) is 12.4 Å². The van der Waals surface area contributed by atoms with Gasteiger partial charge in [-0.25, -0.2) is 0 Å². The minimum absolute atomic E-state index is 0. The molecular formula is C19H24Cl3NO. The van der Waals surface area contributed by atoms with Gasteiger partial charge in [0.2, 0.25) is 0 Å². The molecule has 0 unspecified atom stereocenters. The first-order valence-electron chi connectivity index (χ1n) is 7.91. The molecule has 0 saturated carbocycles. The Hall–Kier alpha value is -0.930. The Morgan fingerprint density at radius 2 is 1.79 bits per heavy atom. The molecule has 5 heteroatoms. The summed E-state index contributed by atoms with van der Waals surface area (Å²) in [4.78, 5) is 0. The third kappa shape index (κ3) is 6.90. The highest BCUT2D eigenvalue weighted by Crippen LogP contribution is 2.25. The van der Waals surface area contributed by atoms with Crippen LogP contribution in [0.15, 0.2) is 42.5 Å². The topological polar surface area (TPSA) is 21.3 Å². The highest BCUT2D eigenvalue weighted by molar-refractivity contribution is 6.31. The van der Waals surface area contributed by atoms with E-state index in [-0.39, 0.29) is 12.4 Å². The minimum atomic E-state index is 0. The van der Waals surface area contributed by atoms with Crippen LogP contribution in [-0.4, -0.2) is 6.54 Å². The third-order valence-electron chi connectivity index (χ3n) is 3.58. The molecule has 132 valence electrons. The molecule has 24 heavy (non-hydrogen) atoms. The van der Waals surface area contributed by atoms with Crippen molar-refractivity contribution < 1.29 is 4.74 Å². The van der Waals surface area contributed by atoms with Gasteiger partial charge in [-0.15, -0.1) is 12.4 Å². The normalized spacial score (nSPS) is 10.5. The molecule has 0 bridgehead atoms. The number of rotatable bonds is 8. The third-order valence-corrected chi connectivity index (χ3v) is 4.18. The van der Waals surface area contributed by atoms with Crippen LogP contribution in [-0.2, 0) is 13.2 Å². The summed E-state index contributed by atoms with van der Waals surface area (Å²) in [5, 5.41) is 4.88. The first kappa shape index (κ1) is 21.1. The van der Waals surface area contributed by atoms with Crippen molar-refractivity contribution >= 4 is 35.6 Å². The zero-order chi connectivity index (χ0) is 16.7. The van der Waals surface area contributed by atoms with Gasteiger partial charge in [0.15, 0.2) is 0 Å². The molecule has 2 rings (SSSR count). The van der Waals surface area contributed by atoms with E-state index in [1.54, 1.807) is 0 Å². The fraction of sp³-hybridized carbons (Fsp3) is 0.368. The fourth-order valence-electron chi connectivity index (χ4n) is 2.21. The largest absolute Gasteiger partial charge is 0.489 e. The molecule has 1 N–H and O–H groups in total. The lowest BCUT2D eigenvalue weighted by atomic mass is 10.1. The predicted molar refractivity (Wildman–Crippen MR) is 106 cm³/mol. The van der Waals surface area contributed by atoms with Crippen molar-refractivity contribution in [1.82, 2.24) is 5.32 Å². The Balaban J connectivity index is 0.00000288. The van der Waals surface area contributed by atoms with Crippen molar-refractivity contribution in [3.05, 3.63) is 63.6 Å². The zero-order valence-corrected chi connectivity index (χ0v) is 16.3. The molecule has 0 radical (unpaired) electrons. The molecule has 0 aliphatic heterocycles. The molecule has 0 aromatic heterocycles. The van der Waals surface area contributed by atoms with Crippen LogP contribution < -0.4 is 10.1 Å².